The number of aliphatic hydroxyl groups excluding tert-OH is 1. The molecule has 1 aromatic rings. The first kappa shape index (κ1) is 18.1. The number of anilines is 1. The number of amides is 2. The van der Waals surface area contributed by atoms with Gasteiger partial charge in [0.25, 0.3) is 0 Å². The van der Waals surface area contributed by atoms with E-state index in [4.69, 9.17) is 0 Å². The molecule has 2 fully saturated rings. The fourth-order valence-electron chi connectivity index (χ4n) is 3.70. The maximum atomic E-state index is 12.3. The van der Waals surface area contributed by atoms with Gasteiger partial charge in [-0.05, 0) is 55.2 Å². The number of carbonyl (C=O) groups excluding carboxylic acids is 1. The third kappa shape index (κ3) is 4.88. The Labute approximate surface area is 151 Å². The Bertz CT molecular complexity index is 545. The van der Waals surface area contributed by atoms with Crippen molar-refractivity contribution in [3.05, 3.63) is 29.8 Å². The van der Waals surface area contributed by atoms with Crippen molar-refractivity contribution in [2.75, 3.05) is 37.7 Å². The van der Waals surface area contributed by atoms with Gasteiger partial charge in [-0.1, -0.05) is 19.1 Å². The Kier molecular flexibility index (Phi) is 6.19. The summed E-state index contributed by atoms with van der Waals surface area (Å²) in [5.74, 6) is 1.20. The highest BCUT2D eigenvalue weighted by atomic mass is 16.3. The first-order chi connectivity index (χ1) is 12.2. The van der Waals surface area contributed by atoms with E-state index in [1.807, 2.05) is 4.90 Å². The number of nitrogens with zero attached hydrogens (tertiary/aromatic N) is 2. The van der Waals surface area contributed by atoms with Crippen LogP contribution in [0.25, 0.3) is 0 Å². The minimum absolute atomic E-state index is 0.00508. The van der Waals surface area contributed by atoms with Gasteiger partial charge in [0.2, 0.25) is 0 Å². The smallest absolute Gasteiger partial charge is 0.317 e. The van der Waals surface area contributed by atoms with E-state index in [1.165, 1.54) is 18.5 Å². The fraction of sp³-hybridized carbons (Fsp3) is 0.650. The van der Waals surface area contributed by atoms with Crippen LogP contribution in [0.2, 0.25) is 0 Å². The number of urea groups is 1. The van der Waals surface area contributed by atoms with Gasteiger partial charge in [-0.15, -0.1) is 0 Å². The summed E-state index contributed by atoms with van der Waals surface area (Å²) >= 11 is 0. The minimum atomic E-state index is 0.00508. The van der Waals surface area contributed by atoms with Gasteiger partial charge in [0, 0.05) is 45.0 Å². The lowest BCUT2D eigenvalue weighted by atomic mass is 9.98. The number of piperidine rings is 2. The molecule has 0 atom stereocenters. The van der Waals surface area contributed by atoms with Gasteiger partial charge in [0.05, 0.1) is 0 Å². The SMILES string of the molecule is CC1CCN(c2ccc(CNC(=O)N3CCC(CO)CC3)cc2)CC1. The van der Waals surface area contributed by atoms with Crippen molar-refractivity contribution in [2.24, 2.45) is 11.8 Å². The predicted octanol–water partition coefficient (Wildman–Crippen LogP) is 2.84. The summed E-state index contributed by atoms with van der Waals surface area (Å²) in [7, 11) is 0. The van der Waals surface area contributed by atoms with Gasteiger partial charge in [-0.2, -0.15) is 0 Å². The van der Waals surface area contributed by atoms with E-state index >= 15 is 0 Å². The molecule has 0 aliphatic carbocycles. The standard InChI is InChI=1S/C20H31N3O2/c1-16-6-10-22(11-7-16)19-4-2-17(3-5-19)14-21-20(25)23-12-8-18(15-24)9-13-23/h2-5,16,18,24H,6-15H2,1H3,(H,21,25). The molecule has 2 aliphatic heterocycles. The van der Waals surface area contributed by atoms with Crippen LogP contribution in [0.3, 0.4) is 0 Å². The number of likely N-dealkylation sites (tertiary alicyclic amines) is 1. The molecular formula is C20H31N3O2. The molecule has 5 heteroatoms. The highest BCUT2D eigenvalue weighted by Crippen LogP contribution is 2.23. The summed E-state index contributed by atoms with van der Waals surface area (Å²) in [5.41, 5.74) is 2.42. The average Bonchev–Trinajstić information content (AvgIpc) is 2.67. The molecule has 25 heavy (non-hydrogen) atoms. The van der Waals surface area contributed by atoms with Gasteiger partial charge >= 0.3 is 6.03 Å². The van der Waals surface area contributed by atoms with Gasteiger partial charge in [0.15, 0.2) is 0 Å². The van der Waals surface area contributed by atoms with Crippen LogP contribution in [0.1, 0.15) is 38.2 Å². The molecule has 2 aliphatic rings. The fourth-order valence-corrected chi connectivity index (χ4v) is 3.70. The Hall–Kier alpha value is -1.75. The molecule has 0 aromatic heterocycles. The van der Waals surface area contributed by atoms with Crippen LogP contribution < -0.4 is 10.2 Å². The van der Waals surface area contributed by atoms with Crippen molar-refractivity contribution in [1.82, 2.24) is 10.2 Å². The number of nitrogens with one attached hydrogen (secondary N) is 1. The molecule has 1 aromatic carbocycles. The first-order valence-corrected chi connectivity index (χ1v) is 9.63. The number of rotatable bonds is 4. The van der Waals surface area contributed by atoms with Gasteiger partial charge in [0.1, 0.15) is 0 Å². The van der Waals surface area contributed by atoms with Crippen molar-refractivity contribution in [1.29, 1.82) is 0 Å². The summed E-state index contributed by atoms with van der Waals surface area (Å²) in [5, 5.41) is 12.2. The second-order valence-electron chi connectivity index (χ2n) is 7.61. The van der Waals surface area contributed by atoms with Gasteiger partial charge in [-0.3, -0.25) is 0 Å². The van der Waals surface area contributed by atoms with E-state index in [0.717, 1.165) is 50.5 Å². The molecule has 2 heterocycles. The lowest BCUT2D eigenvalue weighted by Gasteiger charge is -2.32. The largest absolute Gasteiger partial charge is 0.396 e. The summed E-state index contributed by atoms with van der Waals surface area (Å²) in [6.07, 6.45) is 4.33. The normalized spacial score (nSPS) is 19.9. The lowest BCUT2D eigenvalue weighted by Crippen LogP contribution is -2.44. The molecule has 2 amide bonds. The average molecular weight is 345 g/mol. The number of aliphatic hydroxyl groups is 1. The molecule has 0 spiro atoms. The number of hydrogen-bond acceptors (Lipinski definition) is 3. The molecule has 138 valence electrons. The predicted molar refractivity (Wildman–Crippen MR) is 101 cm³/mol. The molecule has 2 saturated heterocycles. The highest BCUT2D eigenvalue weighted by molar-refractivity contribution is 5.74. The molecule has 0 saturated carbocycles. The van der Waals surface area contributed by atoms with E-state index < -0.39 is 0 Å². The number of carbonyl (C=O) groups is 1. The van der Waals surface area contributed by atoms with Crippen LogP contribution in [0.4, 0.5) is 10.5 Å². The number of benzene rings is 1. The van der Waals surface area contributed by atoms with Gasteiger partial charge < -0.3 is 20.2 Å². The van der Waals surface area contributed by atoms with E-state index in [9.17, 15) is 9.90 Å². The Morgan fingerprint density at radius 2 is 1.72 bits per heavy atom. The van der Waals surface area contributed by atoms with Crippen LogP contribution in [0, 0.1) is 11.8 Å². The lowest BCUT2D eigenvalue weighted by molar-refractivity contribution is 0.137. The third-order valence-corrected chi connectivity index (χ3v) is 5.69. The zero-order valence-electron chi connectivity index (χ0n) is 15.3. The first-order valence-electron chi connectivity index (χ1n) is 9.63. The van der Waals surface area contributed by atoms with Crippen LogP contribution in [-0.4, -0.2) is 48.8 Å². The monoisotopic (exact) mass is 345 g/mol. The molecule has 2 N–H and O–H groups in total. The second kappa shape index (κ2) is 8.56. The Balaban J connectivity index is 1.45. The molecule has 0 unspecified atom stereocenters. The second-order valence-corrected chi connectivity index (χ2v) is 7.61. The Morgan fingerprint density at radius 3 is 2.32 bits per heavy atom. The van der Waals surface area contributed by atoms with Crippen molar-refractivity contribution >= 4 is 11.7 Å². The molecule has 5 nitrogen and oxygen atoms in total. The van der Waals surface area contributed by atoms with Gasteiger partial charge in [-0.25, -0.2) is 4.79 Å². The summed E-state index contributed by atoms with van der Waals surface area (Å²) in [4.78, 5) is 16.6. The minimum Gasteiger partial charge on any atom is -0.396 e. The maximum absolute atomic E-state index is 12.3. The highest BCUT2D eigenvalue weighted by Gasteiger charge is 2.22. The Morgan fingerprint density at radius 1 is 1.08 bits per heavy atom. The third-order valence-electron chi connectivity index (χ3n) is 5.69. The van der Waals surface area contributed by atoms with Crippen molar-refractivity contribution in [3.8, 4) is 0 Å². The van der Waals surface area contributed by atoms with Crippen LogP contribution in [-0.2, 0) is 6.54 Å². The number of hydrogen-bond donors (Lipinski definition) is 2. The molecule has 0 radical (unpaired) electrons. The maximum Gasteiger partial charge on any atom is 0.317 e. The summed E-state index contributed by atoms with van der Waals surface area (Å²) in [6.45, 7) is 6.89. The van der Waals surface area contributed by atoms with Crippen molar-refractivity contribution < 1.29 is 9.90 Å². The molecule has 0 bridgehead atoms. The topological polar surface area (TPSA) is 55.8 Å². The quantitative estimate of drug-likeness (QED) is 0.882. The van der Waals surface area contributed by atoms with E-state index in [0.29, 0.717) is 12.5 Å². The van der Waals surface area contributed by atoms with E-state index in [1.54, 1.807) is 0 Å². The summed E-state index contributed by atoms with van der Waals surface area (Å²) < 4.78 is 0. The van der Waals surface area contributed by atoms with Crippen LogP contribution in [0.5, 0.6) is 0 Å². The van der Waals surface area contributed by atoms with E-state index in [-0.39, 0.29) is 12.6 Å². The summed E-state index contributed by atoms with van der Waals surface area (Å²) in [6, 6.07) is 8.58. The van der Waals surface area contributed by atoms with Crippen molar-refractivity contribution in [2.45, 2.75) is 39.2 Å². The van der Waals surface area contributed by atoms with Crippen LogP contribution >= 0.6 is 0 Å². The van der Waals surface area contributed by atoms with Crippen LogP contribution in [0.15, 0.2) is 24.3 Å². The zero-order chi connectivity index (χ0) is 17.6. The zero-order valence-corrected chi connectivity index (χ0v) is 15.3. The molecule has 3 rings (SSSR count). The van der Waals surface area contributed by atoms with E-state index in [2.05, 4.69) is 41.4 Å². The van der Waals surface area contributed by atoms with Crippen molar-refractivity contribution in [3.63, 3.8) is 0 Å². The molecular weight excluding hydrogens is 314 g/mol.